The Kier molecular flexibility index (Phi) is 5.81. The largest absolute Gasteiger partial charge is 0.481 e. The van der Waals surface area contributed by atoms with Gasteiger partial charge < -0.3 is 10.4 Å². The molecule has 2 N–H and O–H groups in total. The molecule has 0 saturated heterocycles. The van der Waals surface area contributed by atoms with Crippen molar-refractivity contribution in [1.29, 1.82) is 0 Å². The van der Waals surface area contributed by atoms with Crippen molar-refractivity contribution in [2.75, 3.05) is 6.54 Å². The van der Waals surface area contributed by atoms with Crippen molar-refractivity contribution >= 4 is 11.9 Å². The van der Waals surface area contributed by atoms with E-state index in [1.807, 2.05) is 19.2 Å². The van der Waals surface area contributed by atoms with Gasteiger partial charge in [0.25, 0.3) is 5.91 Å². The number of carbonyl (C=O) groups is 2. The van der Waals surface area contributed by atoms with Gasteiger partial charge in [0.2, 0.25) is 0 Å². The number of halogens is 2. The molecule has 4 nitrogen and oxygen atoms in total. The molecule has 0 bridgehead atoms. The summed E-state index contributed by atoms with van der Waals surface area (Å²) in [5.74, 6) is -7.05. The van der Waals surface area contributed by atoms with E-state index in [0.29, 0.717) is 6.42 Å². The number of hydrogen-bond acceptors (Lipinski definition) is 2. The van der Waals surface area contributed by atoms with Crippen molar-refractivity contribution < 1.29 is 23.5 Å². The summed E-state index contributed by atoms with van der Waals surface area (Å²) in [7, 11) is 0. The van der Waals surface area contributed by atoms with Gasteiger partial charge in [-0.1, -0.05) is 44.2 Å². The number of nitrogens with one attached hydrogen (secondary N) is 1. The smallest absolute Gasteiger partial charge is 0.349 e. The second-order valence-electron chi connectivity index (χ2n) is 5.32. The summed E-state index contributed by atoms with van der Waals surface area (Å²) >= 11 is 0. The predicted octanol–water partition coefficient (Wildman–Crippen LogP) is 2.64. The molecule has 0 radical (unpaired) electrons. The molecular weight excluding hydrogens is 280 g/mol. The predicted molar refractivity (Wildman–Crippen MR) is 73.9 cm³/mol. The number of carboxylic acids is 1. The Bertz CT molecular complexity index is 489. The molecule has 0 fully saturated rings. The highest BCUT2D eigenvalue weighted by molar-refractivity contribution is 5.85. The third-order valence-corrected chi connectivity index (χ3v) is 3.04. The van der Waals surface area contributed by atoms with Gasteiger partial charge in [-0.25, -0.2) is 0 Å². The van der Waals surface area contributed by atoms with Gasteiger partial charge in [0.15, 0.2) is 0 Å². The van der Waals surface area contributed by atoms with E-state index in [-0.39, 0.29) is 12.5 Å². The zero-order valence-electron chi connectivity index (χ0n) is 12.0. The Balaban J connectivity index is 2.69. The van der Waals surface area contributed by atoms with Crippen LogP contribution in [0.5, 0.6) is 0 Å². The van der Waals surface area contributed by atoms with Crippen molar-refractivity contribution in [3.8, 4) is 0 Å². The zero-order chi connectivity index (χ0) is 16.0. The Morgan fingerprint density at radius 3 is 2.29 bits per heavy atom. The summed E-state index contributed by atoms with van der Waals surface area (Å²) in [5, 5.41) is 11.1. The molecule has 1 atom stereocenters. The van der Waals surface area contributed by atoms with E-state index in [9.17, 15) is 18.4 Å². The van der Waals surface area contributed by atoms with E-state index in [4.69, 9.17) is 5.11 Å². The Hall–Kier alpha value is -1.98. The lowest BCUT2D eigenvalue weighted by Crippen LogP contribution is -2.42. The maximum atomic E-state index is 13.9. The number of carbonyl (C=O) groups excluding carboxylic acids is 1. The molecule has 0 saturated carbocycles. The second kappa shape index (κ2) is 7.15. The van der Waals surface area contributed by atoms with Crippen molar-refractivity contribution in [1.82, 2.24) is 5.32 Å². The lowest BCUT2D eigenvalue weighted by molar-refractivity contribution is -0.148. The fourth-order valence-corrected chi connectivity index (χ4v) is 1.95. The first-order chi connectivity index (χ1) is 9.75. The average Bonchev–Trinajstić information content (AvgIpc) is 2.43. The van der Waals surface area contributed by atoms with Crippen LogP contribution in [-0.2, 0) is 15.5 Å². The normalized spacial score (nSPS) is 13.0. The second-order valence-corrected chi connectivity index (χ2v) is 5.32. The summed E-state index contributed by atoms with van der Waals surface area (Å²) in [5.41, 5.74) is -0.418. The SMILES string of the molecule is CC(C)CC(CNC(=O)C(F)(F)c1ccccc1)C(=O)O. The Labute approximate surface area is 122 Å². The number of rotatable bonds is 7. The van der Waals surface area contributed by atoms with Crippen LogP contribution < -0.4 is 5.32 Å². The van der Waals surface area contributed by atoms with E-state index >= 15 is 0 Å². The van der Waals surface area contributed by atoms with Crippen molar-refractivity contribution in [3.63, 3.8) is 0 Å². The number of alkyl halides is 2. The van der Waals surface area contributed by atoms with Gasteiger partial charge in [0, 0.05) is 12.1 Å². The van der Waals surface area contributed by atoms with Gasteiger partial charge in [-0.15, -0.1) is 0 Å². The summed E-state index contributed by atoms with van der Waals surface area (Å²) < 4.78 is 27.8. The molecule has 0 spiro atoms. The van der Waals surface area contributed by atoms with Crippen LogP contribution in [0.25, 0.3) is 0 Å². The summed E-state index contributed by atoms with van der Waals surface area (Å²) in [4.78, 5) is 22.7. The molecule has 1 aromatic rings. The standard InChI is InChI=1S/C15H19F2NO3/c1-10(2)8-11(13(19)20)9-18-14(21)15(16,17)12-6-4-3-5-7-12/h3-7,10-11H,8-9H2,1-2H3,(H,18,21)(H,19,20). The van der Waals surface area contributed by atoms with E-state index in [1.54, 1.807) is 6.07 Å². The molecule has 116 valence electrons. The maximum Gasteiger partial charge on any atom is 0.349 e. The maximum absolute atomic E-state index is 13.9. The van der Waals surface area contributed by atoms with Gasteiger partial charge >= 0.3 is 11.9 Å². The van der Waals surface area contributed by atoms with E-state index in [1.165, 1.54) is 12.1 Å². The van der Waals surface area contributed by atoms with Crippen LogP contribution in [-0.4, -0.2) is 23.5 Å². The molecule has 0 heterocycles. The van der Waals surface area contributed by atoms with Crippen LogP contribution in [0.2, 0.25) is 0 Å². The summed E-state index contributed by atoms with van der Waals surface area (Å²) in [6.07, 6.45) is 0.312. The number of benzene rings is 1. The topological polar surface area (TPSA) is 66.4 Å². The van der Waals surface area contributed by atoms with E-state index < -0.39 is 29.3 Å². The van der Waals surface area contributed by atoms with Crippen LogP contribution in [0, 0.1) is 11.8 Å². The molecule has 1 amide bonds. The first-order valence-corrected chi connectivity index (χ1v) is 6.69. The molecule has 6 heteroatoms. The fraction of sp³-hybridized carbons (Fsp3) is 0.467. The third-order valence-electron chi connectivity index (χ3n) is 3.04. The average molecular weight is 299 g/mol. The van der Waals surface area contributed by atoms with Crippen LogP contribution in [0.3, 0.4) is 0 Å². The molecule has 1 aromatic carbocycles. The lowest BCUT2D eigenvalue weighted by atomic mass is 9.97. The highest BCUT2D eigenvalue weighted by Gasteiger charge is 2.40. The van der Waals surface area contributed by atoms with Crippen LogP contribution in [0.1, 0.15) is 25.8 Å². The van der Waals surface area contributed by atoms with Crippen LogP contribution >= 0.6 is 0 Å². The monoisotopic (exact) mass is 299 g/mol. The fourth-order valence-electron chi connectivity index (χ4n) is 1.95. The molecule has 0 aromatic heterocycles. The van der Waals surface area contributed by atoms with Crippen molar-refractivity contribution in [2.45, 2.75) is 26.2 Å². The van der Waals surface area contributed by atoms with Gasteiger partial charge in [0.05, 0.1) is 5.92 Å². The zero-order valence-corrected chi connectivity index (χ0v) is 12.0. The summed E-state index contributed by atoms with van der Waals surface area (Å²) in [6.45, 7) is 3.35. The van der Waals surface area contributed by atoms with Gasteiger partial charge in [-0.3, -0.25) is 9.59 Å². The minimum atomic E-state index is -3.68. The highest BCUT2D eigenvalue weighted by atomic mass is 19.3. The van der Waals surface area contributed by atoms with Crippen LogP contribution in [0.4, 0.5) is 8.78 Å². The van der Waals surface area contributed by atoms with Gasteiger partial charge in [0.1, 0.15) is 0 Å². The van der Waals surface area contributed by atoms with E-state index in [0.717, 1.165) is 12.1 Å². The highest BCUT2D eigenvalue weighted by Crippen LogP contribution is 2.27. The Morgan fingerprint density at radius 1 is 1.24 bits per heavy atom. The lowest BCUT2D eigenvalue weighted by Gasteiger charge is -2.19. The van der Waals surface area contributed by atoms with Crippen molar-refractivity contribution in [2.24, 2.45) is 11.8 Å². The molecule has 1 unspecified atom stereocenters. The molecule has 0 aliphatic heterocycles. The number of aliphatic carboxylic acids is 1. The van der Waals surface area contributed by atoms with Gasteiger partial charge in [-0.2, -0.15) is 8.78 Å². The number of carboxylic acid groups (broad SMARTS) is 1. The minimum absolute atomic E-state index is 0.0950. The third kappa shape index (κ3) is 4.81. The quantitative estimate of drug-likeness (QED) is 0.813. The summed E-state index contributed by atoms with van der Waals surface area (Å²) in [6, 6.07) is 6.70. The number of amides is 1. The molecule has 0 aliphatic carbocycles. The van der Waals surface area contributed by atoms with Gasteiger partial charge in [-0.05, 0) is 12.3 Å². The van der Waals surface area contributed by atoms with Crippen LogP contribution in [0.15, 0.2) is 30.3 Å². The molecule has 0 aliphatic rings. The first kappa shape index (κ1) is 17.1. The molecule has 1 rings (SSSR count). The molecular formula is C15H19F2NO3. The Morgan fingerprint density at radius 2 is 1.81 bits per heavy atom. The number of hydrogen-bond donors (Lipinski definition) is 2. The first-order valence-electron chi connectivity index (χ1n) is 6.69. The van der Waals surface area contributed by atoms with E-state index in [2.05, 4.69) is 0 Å². The minimum Gasteiger partial charge on any atom is -0.481 e. The molecule has 21 heavy (non-hydrogen) atoms. The van der Waals surface area contributed by atoms with Crippen molar-refractivity contribution in [3.05, 3.63) is 35.9 Å².